The van der Waals surface area contributed by atoms with Crippen molar-refractivity contribution in [1.29, 1.82) is 0 Å². The Balaban J connectivity index is 2.54. The maximum absolute atomic E-state index is 13.0. The zero-order valence-electron chi connectivity index (χ0n) is 12.1. The molecular formula is C15H17FN2O2S. The van der Waals surface area contributed by atoms with Crippen LogP contribution in [0.4, 0.5) is 15.8 Å². The largest absolute Gasteiger partial charge is 0.399 e. The second-order valence-electron chi connectivity index (χ2n) is 4.93. The van der Waals surface area contributed by atoms with Gasteiger partial charge in [-0.2, -0.15) is 0 Å². The number of nitrogens with two attached hydrogens (primary N) is 1. The average molecular weight is 308 g/mol. The van der Waals surface area contributed by atoms with Crippen molar-refractivity contribution in [3.8, 4) is 0 Å². The third-order valence-corrected chi connectivity index (χ3v) is 5.38. The zero-order valence-corrected chi connectivity index (χ0v) is 12.9. The Morgan fingerprint density at radius 1 is 1.05 bits per heavy atom. The number of aryl methyl sites for hydroxylation is 2. The fourth-order valence-electron chi connectivity index (χ4n) is 2.32. The second kappa shape index (κ2) is 5.37. The number of halogens is 1. The van der Waals surface area contributed by atoms with E-state index in [0.717, 1.165) is 4.31 Å². The van der Waals surface area contributed by atoms with Crippen LogP contribution in [0.15, 0.2) is 41.3 Å². The highest BCUT2D eigenvalue weighted by atomic mass is 32.2. The molecule has 0 aromatic heterocycles. The van der Waals surface area contributed by atoms with Crippen LogP contribution in [0.3, 0.4) is 0 Å². The van der Waals surface area contributed by atoms with E-state index < -0.39 is 15.8 Å². The first-order valence-electron chi connectivity index (χ1n) is 6.34. The molecule has 0 unspecified atom stereocenters. The third kappa shape index (κ3) is 2.85. The minimum absolute atomic E-state index is 0.225. The molecule has 0 bridgehead atoms. The van der Waals surface area contributed by atoms with E-state index >= 15 is 0 Å². The summed E-state index contributed by atoms with van der Waals surface area (Å²) in [5.41, 5.74) is 7.81. The van der Waals surface area contributed by atoms with E-state index in [1.54, 1.807) is 26.0 Å². The highest BCUT2D eigenvalue weighted by molar-refractivity contribution is 7.92. The van der Waals surface area contributed by atoms with Crippen LogP contribution in [-0.4, -0.2) is 15.5 Å². The van der Waals surface area contributed by atoms with Crippen LogP contribution in [0.5, 0.6) is 0 Å². The van der Waals surface area contributed by atoms with Crippen molar-refractivity contribution in [3.05, 3.63) is 53.3 Å². The predicted octanol–water partition coefficient (Wildman–Crippen LogP) is 2.85. The first-order valence-corrected chi connectivity index (χ1v) is 7.78. The van der Waals surface area contributed by atoms with Crippen molar-refractivity contribution >= 4 is 21.4 Å². The SMILES string of the molecule is Cc1cc(N)cc(C)c1S(=O)(=O)N(C)c1ccc(F)cc1. The van der Waals surface area contributed by atoms with Gasteiger partial charge in [-0.3, -0.25) is 4.31 Å². The summed E-state index contributed by atoms with van der Waals surface area (Å²) in [5, 5.41) is 0. The van der Waals surface area contributed by atoms with Gasteiger partial charge < -0.3 is 5.73 Å². The molecular weight excluding hydrogens is 291 g/mol. The molecule has 0 radical (unpaired) electrons. The molecule has 0 atom stereocenters. The van der Waals surface area contributed by atoms with E-state index in [4.69, 9.17) is 5.73 Å². The standard InChI is InChI=1S/C15H17FN2O2S/c1-10-8-13(17)9-11(2)15(10)21(19,20)18(3)14-6-4-12(16)5-7-14/h4-9H,17H2,1-3H3. The van der Waals surface area contributed by atoms with Gasteiger partial charge in [-0.05, 0) is 61.4 Å². The van der Waals surface area contributed by atoms with Gasteiger partial charge in [0.05, 0.1) is 10.6 Å². The van der Waals surface area contributed by atoms with E-state index in [0.29, 0.717) is 22.5 Å². The summed E-state index contributed by atoms with van der Waals surface area (Å²) < 4.78 is 39.6. The molecule has 6 heteroatoms. The molecule has 0 saturated heterocycles. The molecule has 112 valence electrons. The molecule has 0 amide bonds. The van der Waals surface area contributed by atoms with Gasteiger partial charge in [-0.1, -0.05) is 0 Å². The van der Waals surface area contributed by atoms with Crippen LogP contribution in [0.2, 0.25) is 0 Å². The summed E-state index contributed by atoms with van der Waals surface area (Å²) in [6, 6.07) is 8.55. The number of sulfonamides is 1. The Morgan fingerprint density at radius 3 is 2.00 bits per heavy atom. The summed E-state index contributed by atoms with van der Waals surface area (Å²) in [6.45, 7) is 3.41. The molecule has 21 heavy (non-hydrogen) atoms. The second-order valence-corrected chi connectivity index (χ2v) is 6.84. The van der Waals surface area contributed by atoms with Gasteiger partial charge in [-0.25, -0.2) is 12.8 Å². The highest BCUT2D eigenvalue weighted by Crippen LogP contribution is 2.28. The van der Waals surface area contributed by atoms with Gasteiger partial charge in [-0.15, -0.1) is 0 Å². The predicted molar refractivity (Wildman–Crippen MR) is 82.3 cm³/mol. The summed E-state index contributed by atoms with van der Waals surface area (Å²) in [4.78, 5) is 0.225. The summed E-state index contributed by atoms with van der Waals surface area (Å²) in [7, 11) is -2.29. The van der Waals surface area contributed by atoms with Gasteiger partial charge in [0.25, 0.3) is 10.0 Å². The smallest absolute Gasteiger partial charge is 0.264 e. The number of hydrogen-bond acceptors (Lipinski definition) is 3. The topological polar surface area (TPSA) is 63.4 Å². The quantitative estimate of drug-likeness (QED) is 0.887. The zero-order chi connectivity index (χ0) is 15.8. The molecule has 2 N–H and O–H groups in total. The molecule has 0 saturated carbocycles. The van der Waals surface area contributed by atoms with Gasteiger partial charge in [0, 0.05) is 12.7 Å². The maximum atomic E-state index is 13.0. The summed E-state index contributed by atoms with van der Waals surface area (Å²) in [6.07, 6.45) is 0. The van der Waals surface area contributed by atoms with Crippen LogP contribution < -0.4 is 10.0 Å². The molecule has 0 aliphatic carbocycles. The van der Waals surface area contributed by atoms with E-state index in [9.17, 15) is 12.8 Å². The first kappa shape index (κ1) is 15.3. The maximum Gasteiger partial charge on any atom is 0.264 e. The lowest BCUT2D eigenvalue weighted by molar-refractivity contribution is 0.593. The van der Waals surface area contributed by atoms with Gasteiger partial charge in [0.15, 0.2) is 0 Å². The molecule has 0 fully saturated rings. The fraction of sp³-hybridized carbons (Fsp3) is 0.200. The van der Waals surface area contributed by atoms with E-state index in [2.05, 4.69) is 0 Å². The normalized spacial score (nSPS) is 11.4. The van der Waals surface area contributed by atoms with Crippen molar-refractivity contribution in [2.45, 2.75) is 18.7 Å². The highest BCUT2D eigenvalue weighted by Gasteiger charge is 2.25. The van der Waals surface area contributed by atoms with Crippen molar-refractivity contribution in [2.24, 2.45) is 0 Å². The van der Waals surface area contributed by atoms with Crippen LogP contribution in [0.25, 0.3) is 0 Å². The third-order valence-electron chi connectivity index (χ3n) is 3.29. The molecule has 2 aromatic rings. The number of benzene rings is 2. The van der Waals surface area contributed by atoms with E-state index in [1.165, 1.54) is 31.3 Å². The number of nitrogens with zero attached hydrogens (tertiary/aromatic N) is 1. The van der Waals surface area contributed by atoms with Crippen LogP contribution in [-0.2, 0) is 10.0 Å². The molecule has 0 heterocycles. The van der Waals surface area contributed by atoms with Gasteiger partial charge >= 0.3 is 0 Å². The van der Waals surface area contributed by atoms with Crippen LogP contribution >= 0.6 is 0 Å². The van der Waals surface area contributed by atoms with E-state index in [-0.39, 0.29) is 4.90 Å². The summed E-state index contributed by atoms with van der Waals surface area (Å²) in [5.74, 6) is -0.413. The minimum atomic E-state index is -3.73. The lowest BCUT2D eigenvalue weighted by Gasteiger charge is -2.22. The number of anilines is 2. The molecule has 0 aliphatic heterocycles. The molecule has 4 nitrogen and oxygen atoms in total. The Kier molecular flexibility index (Phi) is 3.91. The molecule has 2 aromatic carbocycles. The first-order chi connectivity index (χ1) is 9.73. The van der Waals surface area contributed by atoms with Crippen LogP contribution in [0, 0.1) is 19.7 Å². The Bertz CT molecular complexity index is 748. The van der Waals surface area contributed by atoms with Crippen molar-refractivity contribution in [3.63, 3.8) is 0 Å². The molecule has 0 aliphatic rings. The average Bonchev–Trinajstić information content (AvgIpc) is 2.37. The van der Waals surface area contributed by atoms with E-state index in [1.807, 2.05) is 0 Å². The Hall–Kier alpha value is -2.08. The fourth-order valence-corrected chi connectivity index (χ4v) is 3.92. The Morgan fingerprint density at radius 2 is 1.52 bits per heavy atom. The monoisotopic (exact) mass is 308 g/mol. The lowest BCUT2D eigenvalue weighted by Crippen LogP contribution is -2.28. The summed E-state index contributed by atoms with van der Waals surface area (Å²) >= 11 is 0. The van der Waals surface area contributed by atoms with Crippen molar-refractivity contribution in [2.75, 3.05) is 17.1 Å². The van der Waals surface area contributed by atoms with Gasteiger partial charge in [0.1, 0.15) is 5.82 Å². The van der Waals surface area contributed by atoms with Crippen molar-refractivity contribution < 1.29 is 12.8 Å². The lowest BCUT2D eigenvalue weighted by atomic mass is 10.1. The van der Waals surface area contributed by atoms with Gasteiger partial charge in [0.2, 0.25) is 0 Å². The Labute approximate surface area is 124 Å². The number of hydrogen-bond donors (Lipinski definition) is 1. The van der Waals surface area contributed by atoms with Crippen LogP contribution in [0.1, 0.15) is 11.1 Å². The van der Waals surface area contributed by atoms with Crippen molar-refractivity contribution in [1.82, 2.24) is 0 Å². The number of nitrogen functional groups attached to an aromatic ring is 1. The molecule has 0 spiro atoms. The minimum Gasteiger partial charge on any atom is -0.399 e. The number of rotatable bonds is 3. The molecule has 2 rings (SSSR count).